The van der Waals surface area contributed by atoms with Gasteiger partial charge in [-0.15, -0.1) is 0 Å². The summed E-state index contributed by atoms with van der Waals surface area (Å²) in [6, 6.07) is 16.7. The summed E-state index contributed by atoms with van der Waals surface area (Å²) in [5.74, 6) is 0.720. The Balaban J connectivity index is 2.00. The SMILES string of the molecule is COCCOc1ccc(C[C@H](N)[C@H](O)CN(C[C@@H](O)[C@@H](N)Cc2ccccc2)C(=O)OCC[Si](C)(C)C)cc1. The molecular formula is C29H47N3O6Si. The van der Waals surface area contributed by atoms with Crippen molar-refractivity contribution in [1.29, 1.82) is 0 Å². The van der Waals surface area contributed by atoms with Gasteiger partial charge in [-0.1, -0.05) is 62.1 Å². The van der Waals surface area contributed by atoms with Gasteiger partial charge in [-0.05, 0) is 42.1 Å². The van der Waals surface area contributed by atoms with E-state index in [1.54, 1.807) is 7.11 Å². The first-order valence-corrected chi connectivity index (χ1v) is 17.2. The highest BCUT2D eigenvalue weighted by molar-refractivity contribution is 6.76. The lowest BCUT2D eigenvalue weighted by atomic mass is 10.0. The summed E-state index contributed by atoms with van der Waals surface area (Å²) < 4.78 is 16.1. The Bertz CT molecular complexity index is 958. The molecule has 39 heavy (non-hydrogen) atoms. The van der Waals surface area contributed by atoms with Crippen molar-refractivity contribution in [3.05, 3.63) is 65.7 Å². The number of nitrogens with two attached hydrogens (primary N) is 2. The highest BCUT2D eigenvalue weighted by Crippen LogP contribution is 2.15. The minimum atomic E-state index is -1.41. The van der Waals surface area contributed by atoms with E-state index in [0.29, 0.717) is 26.1 Å². The maximum atomic E-state index is 13.0. The van der Waals surface area contributed by atoms with Gasteiger partial charge < -0.3 is 40.8 Å². The number of ether oxygens (including phenoxy) is 3. The zero-order valence-corrected chi connectivity index (χ0v) is 24.8. The summed E-state index contributed by atoms with van der Waals surface area (Å²) in [7, 11) is 0.210. The van der Waals surface area contributed by atoms with E-state index in [2.05, 4.69) is 19.6 Å². The van der Waals surface area contributed by atoms with Gasteiger partial charge in [-0.25, -0.2) is 4.79 Å². The fourth-order valence-electron chi connectivity index (χ4n) is 3.88. The molecule has 0 unspecified atom stereocenters. The highest BCUT2D eigenvalue weighted by atomic mass is 28.3. The standard InChI is InChI=1S/C29H47N3O6Si/c1-36-14-15-37-24-12-10-23(11-13-24)19-26(31)28(34)21-32(29(35)38-16-17-39(2,3)4)20-27(33)25(30)18-22-8-6-5-7-9-22/h5-13,25-28,33-34H,14-21,30-31H2,1-4H3/t25-,26-,27+,28+/m0/s1. The molecule has 0 bridgehead atoms. The Hall–Kier alpha value is -2.47. The number of benzene rings is 2. The summed E-state index contributed by atoms with van der Waals surface area (Å²) in [5, 5.41) is 21.8. The molecule has 9 nitrogen and oxygen atoms in total. The molecule has 0 fully saturated rings. The first-order chi connectivity index (χ1) is 18.5. The van der Waals surface area contributed by atoms with Crippen LogP contribution in [-0.2, 0) is 22.3 Å². The normalized spacial score (nSPS) is 14.8. The van der Waals surface area contributed by atoms with E-state index in [9.17, 15) is 15.0 Å². The van der Waals surface area contributed by atoms with E-state index in [-0.39, 0.29) is 19.7 Å². The minimum absolute atomic E-state index is 0.0724. The second-order valence-electron chi connectivity index (χ2n) is 11.2. The predicted molar refractivity (Wildman–Crippen MR) is 157 cm³/mol. The fraction of sp³-hybridized carbons (Fsp3) is 0.552. The van der Waals surface area contributed by atoms with Crippen molar-refractivity contribution in [3.63, 3.8) is 0 Å². The largest absolute Gasteiger partial charge is 0.491 e. The number of nitrogens with zero attached hydrogens (tertiary/aromatic N) is 1. The molecule has 0 aliphatic rings. The lowest BCUT2D eigenvalue weighted by Gasteiger charge is -2.31. The fourth-order valence-corrected chi connectivity index (χ4v) is 4.59. The van der Waals surface area contributed by atoms with Crippen molar-refractivity contribution >= 4 is 14.2 Å². The quantitative estimate of drug-likeness (QED) is 0.171. The molecule has 0 aliphatic carbocycles. The monoisotopic (exact) mass is 561 g/mol. The van der Waals surface area contributed by atoms with Crippen LogP contribution in [0, 0.1) is 0 Å². The molecule has 2 aromatic carbocycles. The zero-order chi connectivity index (χ0) is 28.8. The average Bonchev–Trinajstić information content (AvgIpc) is 2.89. The zero-order valence-electron chi connectivity index (χ0n) is 23.8. The van der Waals surface area contributed by atoms with Crippen molar-refractivity contribution < 1.29 is 29.2 Å². The molecule has 0 saturated carbocycles. The van der Waals surface area contributed by atoms with Crippen molar-refractivity contribution in [2.45, 2.75) is 62.8 Å². The smallest absolute Gasteiger partial charge is 0.409 e. The van der Waals surface area contributed by atoms with Crippen LogP contribution in [0.2, 0.25) is 25.7 Å². The van der Waals surface area contributed by atoms with Gasteiger partial charge in [0.25, 0.3) is 0 Å². The van der Waals surface area contributed by atoms with Gasteiger partial charge in [0.05, 0.1) is 38.5 Å². The van der Waals surface area contributed by atoms with E-state index in [1.807, 2.05) is 54.6 Å². The van der Waals surface area contributed by atoms with Crippen LogP contribution < -0.4 is 16.2 Å². The number of hydrogen-bond acceptors (Lipinski definition) is 8. The van der Waals surface area contributed by atoms with Gasteiger partial charge in [-0.2, -0.15) is 0 Å². The Morgan fingerprint density at radius 1 is 0.846 bits per heavy atom. The van der Waals surface area contributed by atoms with E-state index in [0.717, 1.165) is 22.9 Å². The Kier molecular flexibility index (Phi) is 13.9. The molecule has 0 spiro atoms. The second-order valence-corrected chi connectivity index (χ2v) is 16.8. The summed E-state index contributed by atoms with van der Waals surface area (Å²) in [5.41, 5.74) is 14.5. The summed E-state index contributed by atoms with van der Waals surface area (Å²) >= 11 is 0. The molecule has 218 valence electrons. The van der Waals surface area contributed by atoms with E-state index < -0.39 is 38.5 Å². The van der Waals surface area contributed by atoms with E-state index >= 15 is 0 Å². The molecule has 0 aromatic heterocycles. The second kappa shape index (κ2) is 16.6. The summed E-state index contributed by atoms with van der Waals surface area (Å²) in [6.07, 6.45) is -1.79. The third kappa shape index (κ3) is 13.0. The molecule has 1 amide bonds. The van der Waals surface area contributed by atoms with Crippen LogP contribution in [0.4, 0.5) is 4.79 Å². The van der Waals surface area contributed by atoms with Gasteiger partial charge in [-0.3, -0.25) is 0 Å². The third-order valence-electron chi connectivity index (χ3n) is 6.40. The van der Waals surface area contributed by atoms with Crippen LogP contribution in [0.5, 0.6) is 5.75 Å². The van der Waals surface area contributed by atoms with E-state index in [1.165, 1.54) is 4.90 Å². The molecule has 0 aliphatic heterocycles. The van der Waals surface area contributed by atoms with Crippen LogP contribution in [0.1, 0.15) is 11.1 Å². The molecular weight excluding hydrogens is 514 g/mol. The number of methoxy groups -OCH3 is 1. The number of carbonyl (C=O) groups is 1. The first kappa shape index (κ1) is 32.7. The Labute approximate surface area is 234 Å². The van der Waals surface area contributed by atoms with Crippen molar-refractivity contribution in [1.82, 2.24) is 4.90 Å². The molecule has 0 saturated heterocycles. The van der Waals surface area contributed by atoms with Crippen LogP contribution in [0.15, 0.2) is 54.6 Å². The lowest BCUT2D eigenvalue weighted by Crippen LogP contribution is -2.51. The Morgan fingerprint density at radius 2 is 1.38 bits per heavy atom. The predicted octanol–water partition coefficient (Wildman–Crippen LogP) is 2.65. The van der Waals surface area contributed by atoms with Gasteiger partial charge in [0.1, 0.15) is 12.4 Å². The molecule has 2 aromatic rings. The summed E-state index contributed by atoms with van der Waals surface area (Å²) in [4.78, 5) is 14.3. The Morgan fingerprint density at radius 3 is 1.90 bits per heavy atom. The maximum absolute atomic E-state index is 13.0. The third-order valence-corrected chi connectivity index (χ3v) is 8.11. The molecule has 0 heterocycles. The van der Waals surface area contributed by atoms with Gasteiger partial charge >= 0.3 is 6.09 Å². The van der Waals surface area contributed by atoms with Crippen LogP contribution in [0.3, 0.4) is 0 Å². The number of hydrogen-bond donors (Lipinski definition) is 4. The molecule has 0 radical (unpaired) electrons. The molecule has 10 heteroatoms. The van der Waals surface area contributed by atoms with Gasteiger partial charge in [0.15, 0.2) is 0 Å². The van der Waals surface area contributed by atoms with Crippen molar-refractivity contribution in [3.8, 4) is 5.75 Å². The summed E-state index contributed by atoms with van der Waals surface area (Å²) in [6.45, 7) is 7.69. The van der Waals surface area contributed by atoms with Gasteiger partial charge in [0.2, 0.25) is 0 Å². The first-order valence-electron chi connectivity index (χ1n) is 13.5. The van der Waals surface area contributed by atoms with E-state index in [4.69, 9.17) is 25.7 Å². The van der Waals surface area contributed by atoms with Crippen molar-refractivity contribution in [2.75, 3.05) is 40.0 Å². The molecule has 2 rings (SSSR count). The highest BCUT2D eigenvalue weighted by Gasteiger charge is 2.28. The van der Waals surface area contributed by atoms with Crippen LogP contribution >= 0.6 is 0 Å². The van der Waals surface area contributed by atoms with Gasteiger partial charge in [0, 0.05) is 27.3 Å². The van der Waals surface area contributed by atoms with Crippen LogP contribution in [0.25, 0.3) is 0 Å². The minimum Gasteiger partial charge on any atom is -0.491 e. The number of carbonyl (C=O) groups excluding carboxylic acids is 1. The number of amides is 1. The molecule has 6 N–H and O–H groups in total. The lowest BCUT2D eigenvalue weighted by molar-refractivity contribution is 0.0368. The maximum Gasteiger partial charge on any atom is 0.409 e. The number of rotatable bonds is 17. The average molecular weight is 562 g/mol. The number of aliphatic hydroxyl groups excluding tert-OH is 2. The van der Waals surface area contributed by atoms with Crippen molar-refractivity contribution in [2.24, 2.45) is 11.5 Å². The molecule has 4 atom stereocenters. The topological polar surface area (TPSA) is 140 Å². The van der Waals surface area contributed by atoms with Crippen LogP contribution in [-0.4, -0.2) is 93.6 Å². The number of aliphatic hydroxyl groups is 2.